The summed E-state index contributed by atoms with van der Waals surface area (Å²) in [5.74, 6) is 1.24. The lowest BCUT2D eigenvalue weighted by atomic mass is 10.1. The fourth-order valence-electron chi connectivity index (χ4n) is 2.54. The fraction of sp³-hybridized carbons (Fsp3) is 0.350. The molecule has 0 atom stereocenters. The number of hydrogen-bond donors (Lipinski definition) is 2. The van der Waals surface area contributed by atoms with Crippen LogP contribution >= 0.6 is 24.0 Å². The highest BCUT2D eigenvalue weighted by molar-refractivity contribution is 14.0. The molecule has 0 unspecified atom stereocenters. The quantitative estimate of drug-likeness (QED) is 0.262. The topological polar surface area (TPSA) is 68.9 Å². The van der Waals surface area contributed by atoms with Crippen molar-refractivity contribution in [3.05, 3.63) is 59.2 Å². The van der Waals surface area contributed by atoms with Gasteiger partial charge >= 0.3 is 0 Å². The molecular formula is C20H28IN3O2. The number of aliphatic imine (C=N–C) groups is 1. The molecule has 0 amide bonds. The molecule has 0 aliphatic rings. The van der Waals surface area contributed by atoms with Gasteiger partial charge in [-0.1, -0.05) is 18.2 Å². The molecule has 2 aromatic carbocycles. The van der Waals surface area contributed by atoms with E-state index < -0.39 is 0 Å². The Kier molecular flexibility index (Phi) is 10.0. The van der Waals surface area contributed by atoms with Crippen LogP contribution in [0.15, 0.2) is 47.5 Å². The maximum atomic E-state index is 6.00. The van der Waals surface area contributed by atoms with Crippen LogP contribution in [-0.4, -0.2) is 26.3 Å². The van der Waals surface area contributed by atoms with Crippen LogP contribution < -0.4 is 15.8 Å². The molecule has 0 aliphatic heterocycles. The van der Waals surface area contributed by atoms with Crippen molar-refractivity contribution in [2.24, 2.45) is 10.7 Å². The molecule has 0 spiro atoms. The van der Waals surface area contributed by atoms with Gasteiger partial charge in [-0.15, -0.1) is 24.0 Å². The number of nitrogens with two attached hydrogens (primary N) is 1. The van der Waals surface area contributed by atoms with E-state index in [1.54, 1.807) is 7.11 Å². The number of methoxy groups -OCH3 is 1. The van der Waals surface area contributed by atoms with Crippen LogP contribution in [0.2, 0.25) is 0 Å². The second kappa shape index (κ2) is 11.7. The van der Waals surface area contributed by atoms with Gasteiger partial charge in [-0.2, -0.15) is 0 Å². The zero-order valence-electron chi connectivity index (χ0n) is 15.6. The van der Waals surface area contributed by atoms with Gasteiger partial charge in [-0.25, -0.2) is 4.99 Å². The first kappa shape index (κ1) is 22.2. The summed E-state index contributed by atoms with van der Waals surface area (Å²) in [5.41, 5.74) is 10.4. The van der Waals surface area contributed by atoms with Crippen LogP contribution in [0.1, 0.15) is 23.1 Å². The van der Waals surface area contributed by atoms with Gasteiger partial charge in [0.05, 0.1) is 13.2 Å². The first-order valence-electron chi connectivity index (χ1n) is 8.43. The maximum Gasteiger partial charge on any atom is 0.193 e. The van der Waals surface area contributed by atoms with Gasteiger partial charge in [0.15, 0.2) is 5.96 Å². The maximum absolute atomic E-state index is 6.00. The molecule has 0 heterocycles. The van der Waals surface area contributed by atoms with Gasteiger partial charge < -0.3 is 20.5 Å². The Hall–Kier alpha value is -1.80. The van der Waals surface area contributed by atoms with Crippen LogP contribution in [0.3, 0.4) is 0 Å². The molecular weight excluding hydrogens is 441 g/mol. The average Bonchev–Trinajstić information content (AvgIpc) is 2.56. The Morgan fingerprint density at radius 1 is 1.08 bits per heavy atom. The monoisotopic (exact) mass is 469 g/mol. The summed E-state index contributed by atoms with van der Waals surface area (Å²) in [6.07, 6.45) is 0.867. The van der Waals surface area contributed by atoms with E-state index >= 15 is 0 Å². The van der Waals surface area contributed by atoms with Crippen LogP contribution in [0, 0.1) is 13.8 Å². The lowest BCUT2D eigenvalue weighted by molar-refractivity contribution is 0.172. The van der Waals surface area contributed by atoms with Gasteiger partial charge in [-0.05, 0) is 54.8 Å². The summed E-state index contributed by atoms with van der Waals surface area (Å²) in [6.45, 7) is 5.95. The summed E-state index contributed by atoms with van der Waals surface area (Å²) in [4.78, 5) is 4.41. The van der Waals surface area contributed by atoms with E-state index in [0.29, 0.717) is 25.7 Å². The minimum absolute atomic E-state index is 0. The predicted molar refractivity (Wildman–Crippen MR) is 119 cm³/mol. The summed E-state index contributed by atoms with van der Waals surface area (Å²) in [5, 5.41) is 3.14. The Labute approximate surface area is 173 Å². The molecule has 2 rings (SSSR count). The number of anilines is 1. The second-order valence-corrected chi connectivity index (χ2v) is 6.05. The van der Waals surface area contributed by atoms with Crippen molar-refractivity contribution < 1.29 is 9.47 Å². The van der Waals surface area contributed by atoms with E-state index in [4.69, 9.17) is 15.2 Å². The van der Waals surface area contributed by atoms with Crippen LogP contribution in [0.25, 0.3) is 0 Å². The first-order valence-corrected chi connectivity index (χ1v) is 8.43. The van der Waals surface area contributed by atoms with Crippen LogP contribution in [0.5, 0.6) is 5.75 Å². The van der Waals surface area contributed by atoms with Crippen molar-refractivity contribution in [3.63, 3.8) is 0 Å². The van der Waals surface area contributed by atoms with Gasteiger partial charge in [0.25, 0.3) is 0 Å². The predicted octanol–water partition coefficient (Wildman–Crippen LogP) is 4.26. The van der Waals surface area contributed by atoms with Crippen molar-refractivity contribution in [1.82, 2.24) is 0 Å². The smallest absolute Gasteiger partial charge is 0.193 e. The number of aryl methyl sites for hydroxylation is 2. The third-order valence-corrected chi connectivity index (χ3v) is 3.59. The van der Waals surface area contributed by atoms with E-state index in [1.165, 1.54) is 11.1 Å². The number of ether oxygens (including phenoxy) is 2. The van der Waals surface area contributed by atoms with Crippen LogP contribution in [0.4, 0.5) is 5.69 Å². The zero-order valence-corrected chi connectivity index (χ0v) is 17.9. The number of benzene rings is 2. The second-order valence-electron chi connectivity index (χ2n) is 6.05. The van der Waals surface area contributed by atoms with Crippen molar-refractivity contribution in [3.8, 4) is 5.75 Å². The molecule has 2 aromatic rings. The summed E-state index contributed by atoms with van der Waals surface area (Å²) in [6, 6.07) is 14.1. The lowest BCUT2D eigenvalue weighted by Gasteiger charge is -2.09. The van der Waals surface area contributed by atoms with Crippen molar-refractivity contribution in [2.45, 2.75) is 26.8 Å². The van der Waals surface area contributed by atoms with Crippen molar-refractivity contribution in [1.29, 1.82) is 0 Å². The zero-order chi connectivity index (χ0) is 18.1. The Balaban J connectivity index is 0.00000338. The fourth-order valence-corrected chi connectivity index (χ4v) is 2.54. The van der Waals surface area contributed by atoms with Crippen molar-refractivity contribution >= 4 is 35.6 Å². The summed E-state index contributed by atoms with van der Waals surface area (Å²) >= 11 is 0. The Bertz CT molecular complexity index is 700. The van der Waals surface area contributed by atoms with Crippen LogP contribution in [-0.2, 0) is 11.3 Å². The highest BCUT2D eigenvalue weighted by atomic mass is 127. The van der Waals surface area contributed by atoms with E-state index in [-0.39, 0.29) is 24.0 Å². The van der Waals surface area contributed by atoms with E-state index in [1.807, 2.05) is 36.4 Å². The molecule has 0 radical (unpaired) electrons. The largest absolute Gasteiger partial charge is 0.493 e. The van der Waals surface area contributed by atoms with Gasteiger partial charge in [0.1, 0.15) is 5.75 Å². The number of hydrogen-bond acceptors (Lipinski definition) is 3. The van der Waals surface area contributed by atoms with Gasteiger partial charge in [0.2, 0.25) is 0 Å². The van der Waals surface area contributed by atoms with Crippen molar-refractivity contribution in [2.75, 3.05) is 25.6 Å². The first-order chi connectivity index (χ1) is 12.1. The lowest BCUT2D eigenvalue weighted by Crippen LogP contribution is -2.22. The number of guanidine groups is 1. The molecule has 26 heavy (non-hydrogen) atoms. The molecule has 0 bridgehead atoms. The minimum Gasteiger partial charge on any atom is -0.493 e. The molecule has 142 valence electrons. The summed E-state index contributed by atoms with van der Waals surface area (Å²) in [7, 11) is 1.69. The van der Waals surface area contributed by atoms with E-state index in [2.05, 4.69) is 30.2 Å². The average molecular weight is 469 g/mol. The minimum atomic E-state index is 0. The molecule has 0 aromatic heterocycles. The number of halogens is 1. The number of rotatable bonds is 8. The molecule has 0 saturated heterocycles. The molecule has 6 heteroatoms. The molecule has 0 fully saturated rings. The normalized spacial score (nSPS) is 11.0. The number of nitrogens with one attached hydrogen (secondary N) is 1. The highest BCUT2D eigenvalue weighted by Gasteiger charge is 2.00. The summed E-state index contributed by atoms with van der Waals surface area (Å²) < 4.78 is 10.7. The number of nitrogens with zero attached hydrogens (tertiary/aromatic N) is 1. The Morgan fingerprint density at radius 2 is 1.81 bits per heavy atom. The highest BCUT2D eigenvalue weighted by Crippen LogP contribution is 2.15. The van der Waals surface area contributed by atoms with E-state index in [9.17, 15) is 0 Å². The third kappa shape index (κ3) is 8.05. The Morgan fingerprint density at radius 3 is 2.50 bits per heavy atom. The molecule has 3 N–H and O–H groups in total. The third-order valence-electron chi connectivity index (χ3n) is 3.59. The molecule has 0 saturated carbocycles. The SMILES string of the molecule is COCCCOc1cccc(CN=C(N)Nc2cc(C)cc(C)c2)c1.I. The molecule has 5 nitrogen and oxygen atoms in total. The van der Waals surface area contributed by atoms with E-state index in [0.717, 1.165) is 23.4 Å². The van der Waals surface area contributed by atoms with Gasteiger partial charge in [-0.3, -0.25) is 0 Å². The standard InChI is InChI=1S/C20H27N3O2.HI/c1-15-10-16(2)12-18(11-15)23-20(21)22-14-17-6-4-7-19(13-17)25-9-5-8-24-3;/h4,6-7,10-13H,5,8-9,14H2,1-3H3,(H3,21,22,23);1H. The molecule has 0 aliphatic carbocycles. The van der Waals surface area contributed by atoms with Gasteiger partial charge in [0, 0.05) is 25.8 Å².